The molecule has 0 unspecified atom stereocenters. The Morgan fingerprint density at radius 2 is 1.96 bits per heavy atom. The molecule has 1 rings (SSSR count). The quantitative estimate of drug-likeness (QED) is 0.587. The number of amides is 1. The Kier molecular flexibility index (Phi) is 9.04. The van der Waals surface area contributed by atoms with Crippen molar-refractivity contribution in [3.8, 4) is 0 Å². The molecule has 23 heavy (non-hydrogen) atoms. The number of likely N-dealkylation sites (tertiary alicyclic amines) is 1. The van der Waals surface area contributed by atoms with Gasteiger partial charge in [-0.1, -0.05) is 6.92 Å². The molecule has 136 valence electrons. The second-order valence-electron chi connectivity index (χ2n) is 6.19. The summed E-state index contributed by atoms with van der Waals surface area (Å²) in [5.41, 5.74) is 0. The molecule has 0 spiro atoms. The molecule has 0 radical (unpaired) electrons. The molecule has 1 aliphatic rings. The number of nitrogens with one attached hydrogen (secondary N) is 2. The van der Waals surface area contributed by atoms with Crippen molar-refractivity contribution in [2.24, 2.45) is 5.92 Å². The third-order valence-corrected chi connectivity index (χ3v) is 5.19. The first kappa shape index (κ1) is 20.3. The van der Waals surface area contributed by atoms with Crippen molar-refractivity contribution >= 4 is 15.9 Å². The molecule has 1 saturated heterocycles. The summed E-state index contributed by atoms with van der Waals surface area (Å²) in [5.74, 6) is 0.326. The van der Waals surface area contributed by atoms with Crippen LogP contribution in [0.4, 0.5) is 0 Å². The monoisotopic (exact) mass is 349 g/mol. The molecule has 2 N–H and O–H groups in total. The third-order valence-electron chi connectivity index (χ3n) is 3.90. The minimum atomic E-state index is -3.47. The second kappa shape index (κ2) is 10.2. The highest BCUT2D eigenvalue weighted by Gasteiger charge is 2.23. The van der Waals surface area contributed by atoms with Crippen molar-refractivity contribution in [1.82, 2.24) is 14.9 Å². The van der Waals surface area contributed by atoms with Gasteiger partial charge >= 0.3 is 0 Å². The fourth-order valence-corrected chi connectivity index (χ4v) is 3.29. The highest BCUT2D eigenvalue weighted by atomic mass is 32.2. The number of rotatable bonds is 10. The van der Waals surface area contributed by atoms with Crippen LogP contribution in [-0.4, -0.2) is 70.4 Å². The van der Waals surface area contributed by atoms with Gasteiger partial charge in [-0.3, -0.25) is 4.79 Å². The van der Waals surface area contributed by atoms with Gasteiger partial charge in [-0.2, -0.15) is 0 Å². The maximum Gasteiger partial charge on any atom is 0.237 e. The van der Waals surface area contributed by atoms with Gasteiger partial charge in [-0.25, -0.2) is 13.1 Å². The fraction of sp³-hybridized carbons (Fsp3) is 0.933. The summed E-state index contributed by atoms with van der Waals surface area (Å²) in [5, 5.41) is 3.33. The molecule has 1 aliphatic heterocycles. The van der Waals surface area contributed by atoms with Gasteiger partial charge in [0.05, 0.1) is 25.0 Å². The van der Waals surface area contributed by atoms with E-state index in [1.54, 1.807) is 4.90 Å². The number of nitrogens with zero attached hydrogens (tertiary/aromatic N) is 1. The summed E-state index contributed by atoms with van der Waals surface area (Å²) in [6.07, 6.45) is 1.93. The van der Waals surface area contributed by atoms with Gasteiger partial charge in [-0.05, 0) is 45.7 Å². The van der Waals surface area contributed by atoms with E-state index < -0.39 is 10.0 Å². The van der Waals surface area contributed by atoms with E-state index in [1.807, 2.05) is 13.8 Å². The maximum atomic E-state index is 12.1. The number of piperidine rings is 1. The number of carbonyl (C=O) groups excluding carboxylic acids is 1. The van der Waals surface area contributed by atoms with Gasteiger partial charge in [0.2, 0.25) is 15.9 Å². The molecule has 0 aliphatic carbocycles. The predicted molar refractivity (Wildman–Crippen MR) is 90.7 cm³/mol. The fourth-order valence-electron chi connectivity index (χ4n) is 2.48. The van der Waals surface area contributed by atoms with Gasteiger partial charge < -0.3 is 15.0 Å². The lowest BCUT2D eigenvalue weighted by molar-refractivity contribution is -0.131. The van der Waals surface area contributed by atoms with Crippen LogP contribution >= 0.6 is 0 Å². The van der Waals surface area contributed by atoms with E-state index in [1.165, 1.54) is 0 Å². The number of hydrogen-bond donors (Lipinski definition) is 2. The summed E-state index contributed by atoms with van der Waals surface area (Å²) in [7, 11) is -3.47. The van der Waals surface area contributed by atoms with Crippen molar-refractivity contribution in [2.45, 2.75) is 39.7 Å². The number of ether oxygens (including phenoxy) is 1. The molecule has 0 bridgehead atoms. The smallest absolute Gasteiger partial charge is 0.237 e. The third kappa shape index (κ3) is 8.64. The van der Waals surface area contributed by atoms with Crippen molar-refractivity contribution in [3.63, 3.8) is 0 Å². The average molecular weight is 349 g/mol. The number of sulfonamides is 1. The average Bonchev–Trinajstić information content (AvgIpc) is 2.50. The van der Waals surface area contributed by atoms with E-state index in [-0.39, 0.29) is 30.9 Å². The first-order valence-corrected chi connectivity index (χ1v) is 10.1. The zero-order valence-corrected chi connectivity index (χ0v) is 15.3. The Morgan fingerprint density at radius 3 is 2.52 bits per heavy atom. The van der Waals surface area contributed by atoms with Crippen molar-refractivity contribution in [2.75, 3.05) is 45.1 Å². The summed E-state index contributed by atoms with van der Waals surface area (Å²) in [6.45, 7) is 9.10. The van der Waals surface area contributed by atoms with E-state index in [4.69, 9.17) is 4.74 Å². The molecule has 1 fully saturated rings. The minimum absolute atomic E-state index is 0.00433. The van der Waals surface area contributed by atoms with E-state index in [0.29, 0.717) is 19.0 Å². The van der Waals surface area contributed by atoms with Gasteiger partial charge in [0.15, 0.2) is 0 Å². The molecular formula is C15H31N3O4S. The molecule has 7 nitrogen and oxygen atoms in total. The normalized spacial score (nSPS) is 17.0. The van der Waals surface area contributed by atoms with Crippen molar-refractivity contribution in [1.29, 1.82) is 0 Å². The highest BCUT2D eigenvalue weighted by molar-refractivity contribution is 7.89. The Labute approximate surface area is 140 Å². The Morgan fingerprint density at radius 1 is 1.30 bits per heavy atom. The van der Waals surface area contributed by atoms with Crippen LogP contribution in [0.1, 0.15) is 33.6 Å². The topological polar surface area (TPSA) is 87.7 Å². The van der Waals surface area contributed by atoms with Gasteiger partial charge in [0, 0.05) is 13.1 Å². The summed E-state index contributed by atoms with van der Waals surface area (Å²) < 4.78 is 31.2. The summed E-state index contributed by atoms with van der Waals surface area (Å²) in [4.78, 5) is 13.8. The first-order valence-electron chi connectivity index (χ1n) is 8.41. The molecule has 1 heterocycles. The Hall–Kier alpha value is -0.700. The molecule has 1 amide bonds. The van der Waals surface area contributed by atoms with Gasteiger partial charge in [-0.15, -0.1) is 0 Å². The van der Waals surface area contributed by atoms with Crippen LogP contribution in [0.5, 0.6) is 0 Å². The first-order chi connectivity index (χ1) is 10.8. The van der Waals surface area contributed by atoms with Crippen LogP contribution in [-0.2, 0) is 19.6 Å². The second-order valence-corrected chi connectivity index (χ2v) is 8.12. The molecule has 0 atom stereocenters. The molecule has 0 saturated carbocycles. The lowest BCUT2D eigenvalue weighted by Crippen LogP contribution is -2.45. The lowest BCUT2D eigenvalue weighted by Gasteiger charge is -2.32. The SMILES string of the molecule is CCNCC1CCN(C(=O)CNS(=O)(=O)CCOC(C)C)CC1. The van der Waals surface area contributed by atoms with Gasteiger partial charge in [0.1, 0.15) is 0 Å². The maximum absolute atomic E-state index is 12.1. The zero-order valence-electron chi connectivity index (χ0n) is 14.5. The molecule has 0 aromatic carbocycles. The van der Waals surface area contributed by atoms with E-state index in [2.05, 4.69) is 17.0 Å². The zero-order chi connectivity index (χ0) is 17.3. The van der Waals surface area contributed by atoms with Gasteiger partial charge in [0.25, 0.3) is 0 Å². The molecular weight excluding hydrogens is 318 g/mol. The molecule has 0 aromatic heterocycles. The van der Waals surface area contributed by atoms with E-state index in [9.17, 15) is 13.2 Å². The van der Waals surface area contributed by atoms with Crippen LogP contribution in [0.2, 0.25) is 0 Å². The summed E-state index contributed by atoms with van der Waals surface area (Å²) in [6, 6.07) is 0. The lowest BCUT2D eigenvalue weighted by atomic mass is 9.97. The van der Waals surface area contributed by atoms with Crippen LogP contribution < -0.4 is 10.0 Å². The largest absolute Gasteiger partial charge is 0.378 e. The highest BCUT2D eigenvalue weighted by Crippen LogP contribution is 2.16. The Bertz CT molecular complexity index is 446. The Balaban J connectivity index is 2.26. The minimum Gasteiger partial charge on any atom is -0.378 e. The van der Waals surface area contributed by atoms with Crippen LogP contribution in [0.15, 0.2) is 0 Å². The standard InChI is InChI=1S/C15H31N3O4S/c1-4-16-11-14-5-7-18(8-6-14)15(19)12-17-23(20,21)10-9-22-13(2)3/h13-14,16-17H,4-12H2,1-3H3. The van der Waals surface area contributed by atoms with E-state index in [0.717, 1.165) is 25.9 Å². The summed E-state index contributed by atoms with van der Waals surface area (Å²) >= 11 is 0. The van der Waals surface area contributed by atoms with Crippen molar-refractivity contribution in [3.05, 3.63) is 0 Å². The van der Waals surface area contributed by atoms with Crippen LogP contribution in [0.25, 0.3) is 0 Å². The molecule has 0 aromatic rings. The van der Waals surface area contributed by atoms with Crippen LogP contribution in [0, 0.1) is 5.92 Å². The van der Waals surface area contributed by atoms with Crippen molar-refractivity contribution < 1.29 is 17.9 Å². The van der Waals surface area contributed by atoms with Crippen LogP contribution in [0.3, 0.4) is 0 Å². The number of hydrogen-bond acceptors (Lipinski definition) is 5. The number of carbonyl (C=O) groups is 1. The molecule has 8 heteroatoms. The predicted octanol–water partition coefficient (Wildman–Crippen LogP) is 0.179. The van der Waals surface area contributed by atoms with E-state index >= 15 is 0 Å².